The predicted molar refractivity (Wildman–Crippen MR) is 46.2 cm³/mol. The lowest BCUT2D eigenvalue weighted by Gasteiger charge is -2.01. The number of esters is 1. The number of carbonyl (C=O) groups excluding carboxylic acids is 2. The monoisotopic (exact) mass is 192 g/mol. The molecular formula is C8H13ClO3. The van der Waals surface area contributed by atoms with Crippen LogP contribution in [0.5, 0.6) is 0 Å². The summed E-state index contributed by atoms with van der Waals surface area (Å²) in [6.45, 7) is 2.16. The molecule has 0 aliphatic carbocycles. The minimum Gasteiger partial charge on any atom is -0.466 e. The van der Waals surface area contributed by atoms with Crippen molar-refractivity contribution in [1.29, 1.82) is 0 Å². The molecule has 0 spiro atoms. The van der Waals surface area contributed by atoms with Crippen LogP contribution in [-0.4, -0.2) is 24.2 Å². The van der Waals surface area contributed by atoms with E-state index in [1.807, 2.05) is 0 Å². The molecule has 0 amide bonds. The first kappa shape index (κ1) is 11.4. The number of alkyl halides is 1. The highest BCUT2D eigenvalue weighted by molar-refractivity contribution is 6.27. The van der Waals surface area contributed by atoms with Crippen molar-refractivity contribution in [3.63, 3.8) is 0 Å². The van der Waals surface area contributed by atoms with E-state index in [2.05, 4.69) is 4.74 Å². The summed E-state index contributed by atoms with van der Waals surface area (Å²) in [5, 5.41) is -0.473. The smallest absolute Gasteiger partial charge is 0.305 e. The zero-order valence-corrected chi connectivity index (χ0v) is 7.84. The molecule has 70 valence electrons. The molecule has 12 heavy (non-hydrogen) atoms. The number of ether oxygens (including phenoxy) is 1. The van der Waals surface area contributed by atoms with Gasteiger partial charge in [-0.3, -0.25) is 4.79 Å². The summed E-state index contributed by atoms with van der Waals surface area (Å²) in [7, 11) is 0. The van der Waals surface area contributed by atoms with E-state index in [1.165, 1.54) is 0 Å². The molecule has 0 aliphatic heterocycles. The zero-order valence-electron chi connectivity index (χ0n) is 7.09. The van der Waals surface area contributed by atoms with Crippen LogP contribution in [0.25, 0.3) is 0 Å². The summed E-state index contributed by atoms with van der Waals surface area (Å²) >= 11 is 5.51. The summed E-state index contributed by atoms with van der Waals surface area (Å²) in [5.41, 5.74) is 0. The molecule has 0 aromatic rings. The van der Waals surface area contributed by atoms with Crippen molar-refractivity contribution in [2.45, 2.75) is 31.6 Å². The fourth-order valence-electron chi connectivity index (χ4n) is 0.743. The lowest BCUT2D eigenvalue weighted by molar-refractivity contribution is -0.143. The molecule has 0 saturated carbocycles. The molecule has 0 rings (SSSR count). The normalized spacial score (nSPS) is 12.2. The lowest BCUT2D eigenvalue weighted by Crippen LogP contribution is -2.06. The average molecular weight is 193 g/mol. The first-order valence-electron chi connectivity index (χ1n) is 3.95. The third-order valence-corrected chi connectivity index (χ3v) is 1.63. The summed E-state index contributed by atoms with van der Waals surface area (Å²) in [6.07, 6.45) is 2.15. The van der Waals surface area contributed by atoms with Gasteiger partial charge >= 0.3 is 5.97 Å². The molecule has 0 heterocycles. The van der Waals surface area contributed by atoms with Crippen molar-refractivity contribution in [2.75, 3.05) is 6.61 Å². The van der Waals surface area contributed by atoms with Gasteiger partial charge in [-0.05, 0) is 19.8 Å². The molecule has 0 aromatic heterocycles. The number of hydrogen-bond acceptors (Lipinski definition) is 3. The zero-order chi connectivity index (χ0) is 9.40. The second-order valence-electron chi connectivity index (χ2n) is 2.35. The topological polar surface area (TPSA) is 43.4 Å². The van der Waals surface area contributed by atoms with Gasteiger partial charge in [0.25, 0.3) is 0 Å². The number of aldehydes is 1. The van der Waals surface area contributed by atoms with E-state index in [4.69, 9.17) is 11.6 Å². The van der Waals surface area contributed by atoms with E-state index in [1.54, 1.807) is 6.92 Å². The fraction of sp³-hybridized carbons (Fsp3) is 0.750. The van der Waals surface area contributed by atoms with E-state index >= 15 is 0 Å². The lowest BCUT2D eigenvalue weighted by atomic mass is 10.2. The van der Waals surface area contributed by atoms with E-state index in [0.29, 0.717) is 32.2 Å². The van der Waals surface area contributed by atoms with E-state index in [0.717, 1.165) is 0 Å². The second-order valence-corrected chi connectivity index (χ2v) is 2.91. The highest BCUT2D eigenvalue weighted by Gasteiger charge is 2.05. The highest BCUT2D eigenvalue weighted by Crippen LogP contribution is 2.05. The van der Waals surface area contributed by atoms with Gasteiger partial charge in [0.1, 0.15) is 6.29 Å². The Kier molecular flexibility index (Phi) is 6.76. The number of hydrogen-bond donors (Lipinski definition) is 0. The Morgan fingerprint density at radius 2 is 2.33 bits per heavy atom. The standard InChI is InChI=1S/C8H13ClO3/c1-2-12-8(11)5-3-4-7(9)6-10/h6-7H,2-5H2,1H3. The highest BCUT2D eigenvalue weighted by atomic mass is 35.5. The predicted octanol–water partition coefficient (Wildman–Crippen LogP) is 1.53. The maximum Gasteiger partial charge on any atom is 0.305 e. The number of carbonyl (C=O) groups is 2. The van der Waals surface area contributed by atoms with E-state index in [-0.39, 0.29) is 5.97 Å². The average Bonchev–Trinajstić information content (AvgIpc) is 2.04. The van der Waals surface area contributed by atoms with Gasteiger partial charge in [-0.2, -0.15) is 0 Å². The Balaban J connectivity index is 3.30. The van der Waals surface area contributed by atoms with Crippen molar-refractivity contribution >= 4 is 23.9 Å². The summed E-state index contributed by atoms with van der Waals surface area (Å²) in [4.78, 5) is 20.8. The Morgan fingerprint density at radius 3 is 2.83 bits per heavy atom. The molecule has 3 nitrogen and oxygen atoms in total. The van der Waals surface area contributed by atoms with Crippen molar-refractivity contribution in [2.24, 2.45) is 0 Å². The first-order valence-corrected chi connectivity index (χ1v) is 4.39. The maximum absolute atomic E-state index is 10.8. The third-order valence-electron chi connectivity index (χ3n) is 1.31. The van der Waals surface area contributed by atoms with Crippen molar-refractivity contribution in [3.05, 3.63) is 0 Å². The van der Waals surface area contributed by atoms with Crippen LogP contribution in [0.3, 0.4) is 0 Å². The Labute approximate surface area is 77.0 Å². The van der Waals surface area contributed by atoms with Crippen LogP contribution in [0, 0.1) is 0 Å². The Morgan fingerprint density at radius 1 is 1.67 bits per heavy atom. The Bertz CT molecular complexity index is 147. The molecule has 0 aromatic carbocycles. The summed E-state index contributed by atoms with van der Waals surface area (Å²) in [6, 6.07) is 0. The van der Waals surface area contributed by atoms with Crippen LogP contribution in [0.2, 0.25) is 0 Å². The van der Waals surface area contributed by atoms with Gasteiger partial charge in [-0.15, -0.1) is 11.6 Å². The molecule has 0 radical (unpaired) electrons. The maximum atomic E-state index is 10.8. The minimum atomic E-state index is -0.473. The largest absolute Gasteiger partial charge is 0.466 e. The molecule has 0 N–H and O–H groups in total. The van der Waals surface area contributed by atoms with Crippen LogP contribution in [0.1, 0.15) is 26.2 Å². The van der Waals surface area contributed by atoms with Crippen molar-refractivity contribution in [1.82, 2.24) is 0 Å². The first-order chi connectivity index (χ1) is 5.70. The van der Waals surface area contributed by atoms with E-state index < -0.39 is 5.38 Å². The van der Waals surface area contributed by atoms with Crippen LogP contribution >= 0.6 is 11.6 Å². The molecule has 0 saturated heterocycles. The molecule has 1 unspecified atom stereocenters. The minimum absolute atomic E-state index is 0.229. The van der Waals surface area contributed by atoms with Crippen molar-refractivity contribution in [3.8, 4) is 0 Å². The van der Waals surface area contributed by atoms with E-state index in [9.17, 15) is 9.59 Å². The molecule has 1 atom stereocenters. The second kappa shape index (κ2) is 7.10. The number of halogens is 1. The van der Waals surface area contributed by atoms with Gasteiger partial charge in [0, 0.05) is 6.42 Å². The quantitative estimate of drug-likeness (QED) is 0.364. The fourth-order valence-corrected chi connectivity index (χ4v) is 0.897. The van der Waals surface area contributed by atoms with Gasteiger partial charge in [0.05, 0.1) is 12.0 Å². The van der Waals surface area contributed by atoms with Crippen LogP contribution in [-0.2, 0) is 14.3 Å². The molecule has 0 fully saturated rings. The van der Waals surface area contributed by atoms with Crippen LogP contribution < -0.4 is 0 Å². The summed E-state index contributed by atoms with van der Waals surface area (Å²) < 4.78 is 4.69. The molecule has 4 heteroatoms. The Hall–Kier alpha value is -0.570. The molecular weight excluding hydrogens is 180 g/mol. The van der Waals surface area contributed by atoms with Crippen molar-refractivity contribution < 1.29 is 14.3 Å². The van der Waals surface area contributed by atoms with Gasteiger partial charge in [0.2, 0.25) is 0 Å². The SMILES string of the molecule is CCOC(=O)CCCC(Cl)C=O. The number of rotatable bonds is 6. The van der Waals surface area contributed by atoms with Gasteiger partial charge in [-0.1, -0.05) is 0 Å². The van der Waals surface area contributed by atoms with Crippen LogP contribution in [0.15, 0.2) is 0 Å². The van der Waals surface area contributed by atoms with Crippen LogP contribution in [0.4, 0.5) is 0 Å². The van der Waals surface area contributed by atoms with Gasteiger partial charge in [0.15, 0.2) is 0 Å². The third kappa shape index (κ3) is 6.16. The molecule has 0 aliphatic rings. The summed E-state index contributed by atoms with van der Waals surface area (Å²) in [5.74, 6) is -0.229. The van der Waals surface area contributed by atoms with Gasteiger partial charge in [-0.25, -0.2) is 0 Å². The van der Waals surface area contributed by atoms with Gasteiger partial charge < -0.3 is 9.53 Å². The molecule has 0 bridgehead atoms.